The van der Waals surface area contributed by atoms with Gasteiger partial charge in [0.15, 0.2) is 0 Å². The molecule has 0 aromatic rings. The minimum atomic E-state index is -0.283. The molecule has 13 heavy (non-hydrogen) atoms. The largest absolute Gasteiger partial charge is 0.376 e. The Morgan fingerprint density at radius 3 is 3.08 bits per heavy atom. The summed E-state index contributed by atoms with van der Waals surface area (Å²) in [6.07, 6.45) is 3.49. The van der Waals surface area contributed by atoms with Crippen molar-refractivity contribution in [3.05, 3.63) is 0 Å². The van der Waals surface area contributed by atoms with E-state index >= 15 is 0 Å². The van der Waals surface area contributed by atoms with Crippen LogP contribution in [0, 0.1) is 5.92 Å². The number of carbonyl (C=O) groups is 1. The van der Waals surface area contributed by atoms with Gasteiger partial charge >= 0.3 is 0 Å². The van der Waals surface area contributed by atoms with Crippen molar-refractivity contribution in [2.45, 2.75) is 31.4 Å². The van der Waals surface area contributed by atoms with Gasteiger partial charge in [0.05, 0.1) is 6.10 Å². The maximum atomic E-state index is 11.0. The van der Waals surface area contributed by atoms with Crippen LogP contribution in [0.1, 0.15) is 19.3 Å². The number of nitrogens with one attached hydrogen (secondary N) is 1. The number of carbonyl (C=O) groups excluding carboxylic acids is 1. The number of fused-ring (bicyclic) bond motifs is 1. The number of rotatable bonds is 1. The van der Waals surface area contributed by atoms with E-state index in [2.05, 4.69) is 5.32 Å². The van der Waals surface area contributed by atoms with Crippen LogP contribution in [-0.2, 0) is 9.53 Å². The Hall–Kier alpha value is -0.610. The Morgan fingerprint density at radius 2 is 2.31 bits per heavy atom. The minimum absolute atomic E-state index is 0.0278. The summed E-state index contributed by atoms with van der Waals surface area (Å²) in [5.41, 5.74) is 5.27. The van der Waals surface area contributed by atoms with Gasteiger partial charge < -0.3 is 15.8 Å². The normalized spacial score (nSPS) is 39.5. The van der Waals surface area contributed by atoms with E-state index in [1.54, 1.807) is 0 Å². The van der Waals surface area contributed by atoms with Crippen molar-refractivity contribution in [2.24, 2.45) is 11.7 Å². The van der Waals surface area contributed by atoms with Crippen LogP contribution in [0.25, 0.3) is 0 Å². The lowest BCUT2D eigenvalue weighted by Gasteiger charge is -2.19. The van der Waals surface area contributed by atoms with Gasteiger partial charge in [-0.05, 0) is 18.8 Å². The second kappa shape index (κ2) is 3.64. The van der Waals surface area contributed by atoms with Crippen molar-refractivity contribution in [3.8, 4) is 0 Å². The molecule has 2 saturated heterocycles. The molecule has 1 amide bonds. The fourth-order valence-corrected chi connectivity index (χ4v) is 2.27. The number of nitrogens with two attached hydrogens (primary N) is 1. The van der Waals surface area contributed by atoms with Gasteiger partial charge in [-0.3, -0.25) is 4.79 Å². The maximum Gasteiger partial charge on any atom is 0.237 e. The second-order valence-corrected chi connectivity index (χ2v) is 3.88. The highest BCUT2D eigenvalue weighted by atomic mass is 16.5. The molecule has 2 aliphatic rings. The molecule has 74 valence electrons. The molecule has 4 nitrogen and oxygen atoms in total. The first-order valence-corrected chi connectivity index (χ1v) is 4.93. The molecule has 0 aliphatic carbocycles. The number of amides is 1. The summed E-state index contributed by atoms with van der Waals surface area (Å²) in [4.78, 5) is 11.0. The summed E-state index contributed by atoms with van der Waals surface area (Å²) in [7, 11) is 0. The van der Waals surface area contributed by atoms with E-state index in [0.29, 0.717) is 5.92 Å². The quantitative estimate of drug-likeness (QED) is 0.584. The molecular formula is C9H16N2O2. The zero-order valence-electron chi connectivity index (χ0n) is 7.66. The Morgan fingerprint density at radius 1 is 1.46 bits per heavy atom. The standard InChI is InChI=1S/C9H16N2O2/c10-9(12)7-8-6(5-11-7)3-1-2-4-13-8/h6-8,11H,1-5H2,(H2,10,12). The summed E-state index contributed by atoms with van der Waals surface area (Å²) in [5.74, 6) is 0.203. The van der Waals surface area contributed by atoms with Crippen LogP contribution in [0.4, 0.5) is 0 Å². The first-order valence-electron chi connectivity index (χ1n) is 4.93. The van der Waals surface area contributed by atoms with E-state index in [1.165, 1.54) is 6.42 Å². The average Bonchev–Trinajstić information content (AvgIpc) is 2.36. The van der Waals surface area contributed by atoms with Crippen LogP contribution < -0.4 is 11.1 Å². The van der Waals surface area contributed by atoms with E-state index < -0.39 is 0 Å². The fourth-order valence-electron chi connectivity index (χ4n) is 2.27. The molecule has 2 fully saturated rings. The van der Waals surface area contributed by atoms with Crippen molar-refractivity contribution in [2.75, 3.05) is 13.2 Å². The predicted molar refractivity (Wildman–Crippen MR) is 48.1 cm³/mol. The van der Waals surface area contributed by atoms with Crippen molar-refractivity contribution in [1.29, 1.82) is 0 Å². The van der Waals surface area contributed by atoms with Gasteiger partial charge in [0.2, 0.25) is 5.91 Å². The predicted octanol–water partition coefficient (Wildman–Crippen LogP) is -0.371. The van der Waals surface area contributed by atoms with Gasteiger partial charge in [0.25, 0.3) is 0 Å². The van der Waals surface area contributed by atoms with Gasteiger partial charge in [-0.1, -0.05) is 6.42 Å². The molecule has 2 heterocycles. The zero-order valence-corrected chi connectivity index (χ0v) is 7.66. The van der Waals surface area contributed by atoms with E-state index in [9.17, 15) is 4.79 Å². The molecule has 0 radical (unpaired) electrons. The van der Waals surface area contributed by atoms with E-state index in [1.807, 2.05) is 0 Å². The topological polar surface area (TPSA) is 64.4 Å². The summed E-state index contributed by atoms with van der Waals surface area (Å²) in [6, 6.07) is -0.261. The molecular weight excluding hydrogens is 168 g/mol. The molecule has 2 aliphatic heterocycles. The zero-order chi connectivity index (χ0) is 9.26. The molecule has 0 saturated carbocycles. The van der Waals surface area contributed by atoms with Gasteiger partial charge in [-0.15, -0.1) is 0 Å². The third-order valence-corrected chi connectivity index (χ3v) is 2.98. The molecule has 0 spiro atoms. The molecule has 3 atom stereocenters. The Kier molecular flexibility index (Phi) is 2.51. The smallest absolute Gasteiger partial charge is 0.237 e. The SMILES string of the molecule is NC(=O)C1NCC2CCCCOC21. The molecule has 0 aromatic carbocycles. The molecule has 2 rings (SSSR count). The number of hydrogen-bond acceptors (Lipinski definition) is 3. The maximum absolute atomic E-state index is 11.0. The van der Waals surface area contributed by atoms with Gasteiger partial charge in [-0.25, -0.2) is 0 Å². The Balaban J connectivity index is 2.06. The minimum Gasteiger partial charge on any atom is -0.376 e. The number of primary amides is 1. The highest BCUT2D eigenvalue weighted by Gasteiger charge is 2.40. The van der Waals surface area contributed by atoms with Crippen molar-refractivity contribution in [3.63, 3.8) is 0 Å². The lowest BCUT2D eigenvalue weighted by molar-refractivity contribution is -0.123. The van der Waals surface area contributed by atoms with Crippen molar-refractivity contribution >= 4 is 5.91 Å². The van der Waals surface area contributed by atoms with E-state index in [4.69, 9.17) is 10.5 Å². The third-order valence-electron chi connectivity index (χ3n) is 2.98. The highest BCUT2D eigenvalue weighted by Crippen LogP contribution is 2.26. The average molecular weight is 184 g/mol. The van der Waals surface area contributed by atoms with Gasteiger partial charge in [0, 0.05) is 13.2 Å². The van der Waals surface area contributed by atoms with Crippen LogP contribution in [0.15, 0.2) is 0 Å². The second-order valence-electron chi connectivity index (χ2n) is 3.88. The lowest BCUT2D eigenvalue weighted by Crippen LogP contribution is -2.44. The van der Waals surface area contributed by atoms with Gasteiger partial charge in [0.1, 0.15) is 6.04 Å². The molecule has 0 bridgehead atoms. The molecule has 4 heteroatoms. The van der Waals surface area contributed by atoms with Crippen molar-refractivity contribution < 1.29 is 9.53 Å². The molecule has 3 N–H and O–H groups in total. The lowest BCUT2D eigenvalue weighted by atomic mass is 9.97. The fraction of sp³-hybridized carbons (Fsp3) is 0.889. The van der Waals surface area contributed by atoms with E-state index in [-0.39, 0.29) is 18.1 Å². The Bertz CT molecular complexity index is 208. The first-order chi connectivity index (χ1) is 6.29. The molecule has 0 aromatic heterocycles. The van der Waals surface area contributed by atoms with Gasteiger partial charge in [-0.2, -0.15) is 0 Å². The summed E-state index contributed by atoms with van der Waals surface area (Å²) in [6.45, 7) is 1.64. The number of hydrogen-bond donors (Lipinski definition) is 2. The number of ether oxygens (including phenoxy) is 1. The monoisotopic (exact) mass is 184 g/mol. The van der Waals surface area contributed by atoms with Crippen LogP contribution in [0.3, 0.4) is 0 Å². The third kappa shape index (κ3) is 1.69. The first kappa shape index (κ1) is 8.97. The summed E-state index contributed by atoms with van der Waals surface area (Å²) in [5, 5.41) is 3.13. The van der Waals surface area contributed by atoms with Crippen LogP contribution in [0.5, 0.6) is 0 Å². The highest BCUT2D eigenvalue weighted by molar-refractivity contribution is 5.81. The van der Waals surface area contributed by atoms with Crippen LogP contribution in [-0.4, -0.2) is 31.2 Å². The van der Waals surface area contributed by atoms with Crippen LogP contribution in [0.2, 0.25) is 0 Å². The van der Waals surface area contributed by atoms with Crippen LogP contribution >= 0.6 is 0 Å². The van der Waals surface area contributed by atoms with Crippen molar-refractivity contribution in [1.82, 2.24) is 5.32 Å². The van der Waals surface area contributed by atoms with E-state index in [0.717, 1.165) is 26.0 Å². The summed E-state index contributed by atoms with van der Waals surface area (Å²) >= 11 is 0. The Labute approximate surface area is 77.8 Å². The molecule has 3 unspecified atom stereocenters. The summed E-state index contributed by atoms with van der Waals surface area (Å²) < 4.78 is 5.64.